The van der Waals surface area contributed by atoms with Crippen LogP contribution in [0.4, 0.5) is 0 Å². The first kappa shape index (κ1) is 8.50. The third kappa shape index (κ3) is 1.19. The van der Waals surface area contributed by atoms with E-state index in [1.165, 1.54) is 0 Å². The predicted molar refractivity (Wildman–Crippen MR) is 54.6 cm³/mol. The third-order valence-electron chi connectivity index (χ3n) is 1.78. The molecule has 5 heteroatoms. The average molecular weight is 210 g/mol. The van der Waals surface area contributed by atoms with Crippen molar-refractivity contribution in [3.8, 4) is 6.07 Å². The number of fused-ring (bicyclic) bond motifs is 1. The average Bonchev–Trinajstić information content (AvgIpc) is 2.45. The van der Waals surface area contributed by atoms with E-state index < -0.39 is 0 Å². The summed E-state index contributed by atoms with van der Waals surface area (Å²) in [6, 6.07) is 3.75. The second kappa shape index (κ2) is 2.99. The highest BCUT2D eigenvalue weighted by Gasteiger charge is 2.09. The molecule has 0 spiro atoms. The monoisotopic (exact) mass is 209 g/mol. The molecule has 2 heterocycles. The van der Waals surface area contributed by atoms with Crippen molar-refractivity contribution in [2.75, 3.05) is 0 Å². The fourth-order valence-electron chi connectivity index (χ4n) is 1.22. The second-order valence-electron chi connectivity index (χ2n) is 2.55. The maximum Gasteiger partial charge on any atom is 0.145 e. The number of rotatable bonds is 0. The van der Waals surface area contributed by atoms with Crippen molar-refractivity contribution in [2.24, 2.45) is 0 Å². The molecule has 0 aliphatic carbocycles. The number of hydrogen-bond donors (Lipinski definition) is 0. The van der Waals surface area contributed by atoms with Crippen molar-refractivity contribution in [1.82, 2.24) is 9.32 Å². The van der Waals surface area contributed by atoms with E-state index in [9.17, 15) is 0 Å². The van der Waals surface area contributed by atoms with Gasteiger partial charge in [0.2, 0.25) is 0 Å². The van der Waals surface area contributed by atoms with Gasteiger partial charge in [0, 0.05) is 12.4 Å². The Labute approximate surface area is 82.2 Å². The molecule has 0 aromatic carbocycles. The minimum absolute atomic E-state index is 0.545. The lowest BCUT2D eigenvalue weighted by atomic mass is 10.2. The lowest BCUT2D eigenvalue weighted by Gasteiger charge is -1.94. The minimum atomic E-state index is 0.545. The van der Waals surface area contributed by atoms with Gasteiger partial charge in [0.15, 0.2) is 0 Å². The Morgan fingerprint density at radius 2 is 2.38 bits per heavy atom. The molecule has 2 aromatic heterocycles. The van der Waals surface area contributed by atoms with Gasteiger partial charge in [-0.05, 0) is 15.5 Å². The Bertz CT molecular complexity index is 512. The minimum Gasteiger partial charge on any atom is -0.316 e. The second-order valence-corrected chi connectivity index (χ2v) is 3.52. The van der Waals surface area contributed by atoms with Crippen LogP contribution in [0.3, 0.4) is 0 Å². The quantitative estimate of drug-likeness (QED) is 0.624. The summed E-state index contributed by atoms with van der Waals surface area (Å²) in [7, 11) is 2.46. The van der Waals surface area contributed by atoms with Gasteiger partial charge in [0.05, 0.1) is 16.0 Å². The van der Waals surface area contributed by atoms with E-state index >= 15 is 0 Å². The normalized spacial score (nSPS) is 10.2. The number of nitriles is 1. The molecule has 1 atom stereocenters. The summed E-state index contributed by atoms with van der Waals surface area (Å²) < 4.78 is 1.71. The molecule has 0 aliphatic heterocycles. The number of pyridine rings is 1. The molecule has 64 valence electrons. The van der Waals surface area contributed by atoms with Gasteiger partial charge in [0.25, 0.3) is 0 Å². The Morgan fingerprint density at radius 1 is 1.62 bits per heavy atom. The van der Waals surface area contributed by atoms with Crippen LogP contribution >= 0.6 is 21.0 Å². The summed E-state index contributed by atoms with van der Waals surface area (Å²) in [5, 5.41) is 10.1. The molecule has 0 saturated heterocycles. The van der Waals surface area contributed by atoms with Crippen molar-refractivity contribution in [3.05, 3.63) is 29.0 Å². The van der Waals surface area contributed by atoms with Crippen molar-refractivity contribution in [3.63, 3.8) is 0 Å². The molecule has 3 nitrogen and oxygen atoms in total. The van der Waals surface area contributed by atoms with Gasteiger partial charge in [-0.15, -0.1) is 0 Å². The molecule has 2 rings (SSSR count). The van der Waals surface area contributed by atoms with Crippen LogP contribution in [-0.2, 0) is 0 Å². The van der Waals surface area contributed by atoms with Gasteiger partial charge in [-0.2, -0.15) is 5.26 Å². The van der Waals surface area contributed by atoms with E-state index in [0.29, 0.717) is 21.6 Å². The van der Waals surface area contributed by atoms with Gasteiger partial charge in [-0.25, -0.2) is 4.98 Å². The Morgan fingerprint density at radius 3 is 3.08 bits per heavy atom. The van der Waals surface area contributed by atoms with Crippen LogP contribution in [0.1, 0.15) is 5.56 Å². The summed E-state index contributed by atoms with van der Waals surface area (Å²) in [6.07, 6.45) is 3.31. The third-order valence-corrected chi connectivity index (χ3v) is 2.49. The van der Waals surface area contributed by atoms with E-state index in [2.05, 4.69) is 20.4 Å². The molecule has 0 amide bonds. The predicted octanol–water partition coefficient (Wildman–Crippen LogP) is 2.20. The number of nitrogens with zero attached hydrogens (tertiary/aromatic N) is 3. The highest BCUT2D eigenvalue weighted by molar-refractivity contribution is 7.14. The van der Waals surface area contributed by atoms with Crippen molar-refractivity contribution in [1.29, 1.82) is 5.26 Å². The van der Waals surface area contributed by atoms with E-state index in [4.69, 9.17) is 16.9 Å². The molecular weight excluding hydrogens is 205 g/mol. The summed E-state index contributed by atoms with van der Waals surface area (Å²) in [5.74, 6) is 0. The lowest BCUT2D eigenvalue weighted by Crippen LogP contribution is -1.80. The van der Waals surface area contributed by atoms with Crippen LogP contribution in [0, 0.1) is 11.3 Å². The van der Waals surface area contributed by atoms with Crippen LogP contribution in [0.15, 0.2) is 18.5 Å². The molecule has 2 aromatic rings. The number of aromatic nitrogens is 2. The zero-order valence-electron chi connectivity index (χ0n) is 6.53. The molecule has 0 N–H and O–H groups in total. The van der Waals surface area contributed by atoms with Gasteiger partial charge < -0.3 is 4.34 Å². The van der Waals surface area contributed by atoms with Gasteiger partial charge in [-0.3, -0.25) is 0 Å². The zero-order chi connectivity index (χ0) is 9.42. The van der Waals surface area contributed by atoms with Crippen LogP contribution in [0.2, 0.25) is 5.02 Å². The molecule has 0 bridgehead atoms. The number of halogens is 1. The fraction of sp³-hybridized carbons (Fsp3) is 0. The standard InChI is InChI=1S/C8H5ClN3P/c9-6-1-2-11-8-7(6)5(3-10)4-12(8)13/h1-2,4H,13H2. The first-order valence-corrected chi connectivity index (χ1v) is 4.44. The Kier molecular flexibility index (Phi) is 1.95. The molecular formula is C8H5ClN3P. The highest BCUT2D eigenvalue weighted by atomic mass is 35.5. The molecule has 0 fully saturated rings. The van der Waals surface area contributed by atoms with Crippen LogP contribution in [-0.4, -0.2) is 9.32 Å². The maximum absolute atomic E-state index is 8.81. The largest absolute Gasteiger partial charge is 0.316 e. The Hall–Kier alpha value is -1.10. The lowest BCUT2D eigenvalue weighted by molar-refractivity contribution is 1.26. The summed E-state index contributed by atoms with van der Waals surface area (Å²) in [5.41, 5.74) is 1.25. The highest BCUT2D eigenvalue weighted by Crippen LogP contribution is 2.27. The Balaban J connectivity index is 2.99. The van der Waals surface area contributed by atoms with Crippen LogP contribution < -0.4 is 0 Å². The molecule has 0 aliphatic rings. The summed E-state index contributed by atoms with van der Waals surface area (Å²) >= 11 is 5.94. The molecule has 1 unspecified atom stereocenters. The van der Waals surface area contributed by atoms with Gasteiger partial charge >= 0.3 is 0 Å². The van der Waals surface area contributed by atoms with Crippen LogP contribution in [0.5, 0.6) is 0 Å². The molecule has 13 heavy (non-hydrogen) atoms. The number of hydrogen-bond acceptors (Lipinski definition) is 2. The first-order chi connectivity index (χ1) is 6.24. The van der Waals surface area contributed by atoms with Crippen molar-refractivity contribution >= 4 is 32.0 Å². The summed E-state index contributed by atoms with van der Waals surface area (Å²) in [6.45, 7) is 0. The fourth-order valence-corrected chi connectivity index (χ4v) is 1.81. The van der Waals surface area contributed by atoms with Crippen LogP contribution in [0.25, 0.3) is 11.0 Å². The van der Waals surface area contributed by atoms with Gasteiger partial charge in [0.1, 0.15) is 11.7 Å². The maximum atomic E-state index is 8.81. The SMILES string of the molecule is N#Cc1cn(P)c2nccc(Cl)c12. The summed E-state index contributed by atoms with van der Waals surface area (Å²) in [4.78, 5) is 4.12. The van der Waals surface area contributed by atoms with E-state index in [1.807, 2.05) is 0 Å². The molecule has 0 saturated carbocycles. The molecule has 0 radical (unpaired) electrons. The van der Waals surface area contributed by atoms with Crippen molar-refractivity contribution < 1.29 is 0 Å². The topological polar surface area (TPSA) is 41.6 Å². The van der Waals surface area contributed by atoms with Crippen molar-refractivity contribution in [2.45, 2.75) is 0 Å². The van der Waals surface area contributed by atoms with E-state index in [-0.39, 0.29) is 0 Å². The zero-order valence-corrected chi connectivity index (χ0v) is 8.44. The van der Waals surface area contributed by atoms with Gasteiger partial charge in [-0.1, -0.05) is 11.6 Å². The van der Waals surface area contributed by atoms with E-state index in [0.717, 1.165) is 0 Å². The smallest absolute Gasteiger partial charge is 0.145 e. The van der Waals surface area contributed by atoms with E-state index in [1.54, 1.807) is 22.8 Å². The first-order valence-electron chi connectivity index (χ1n) is 3.55.